The van der Waals surface area contributed by atoms with Crippen molar-refractivity contribution in [3.63, 3.8) is 0 Å². The SMILES string of the molecule is c1ccc(B(c2ccccc2)c2ccccc2)cc1.c1ccc(N(c2ccc(-c3ccc(N(c4ccccc4)c4cccc5ccccc45)cc3)cc2)c2cccc3ccccc23)cc1. The van der Waals surface area contributed by atoms with Gasteiger partial charge >= 0.3 is 0 Å². The molecule has 2 nitrogen and oxygen atoms in total. The lowest BCUT2D eigenvalue weighted by atomic mass is 9.37. The van der Waals surface area contributed by atoms with Gasteiger partial charge in [-0.1, -0.05) is 241 Å². The van der Waals surface area contributed by atoms with Crippen LogP contribution in [0.15, 0.2) is 285 Å². The third-order valence-electron chi connectivity index (χ3n) is 12.0. The van der Waals surface area contributed by atoms with Crippen LogP contribution in [0.3, 0.4) is 0 Å². The van der Waals surface area contributed by atoms with Crippen molar-refractivity contribution in [1.29, 1.82) is 0 Å². The average molecular weight is 831 g/mol. The second-order valence-corrected chi connectivity index (χ2v) is 16.1. The van der Waals surface area contributed by atoms with Gasteiger partial charge in [0.25, 0.3) is 0 Å². The third kappa shape index (κ3) is 8.95. The second kappa shape index (κ2) is 19.3. The molecule has 0 saturated heterocycles. The summed E-state index contributed by atoms with van der Waals surface area (Å²) in [5, 5.41) is 4.90. The first-order chi connectivity index (χ1) is 32.3. The molecule has 0 bridgehead atoms. The molecular weight excluding hydrogens is 784 g/mol. The van der Waals surface area contributed by atoms with Crippen LogP contribution in [0.25, 0.3) is 32.7 Å². The Kier molecular flexibility index (Phi) is 12.1. The number of para-hydroxylation sites is 2. The second-order valence-electron chi connectivity index (χ2n) is 16.1. The summed E-state index contributed by atoms with van der Waals surface area (Å²) in [5.41, 5.74) is 13.2. The van der Waals surface area contributed by atoms with Crippen LogP contribution >= 0.6 is 0 Å². The molecule has 0 N–H and O–H groups in total. The molecule has 0 spiro atoms. The van der Waals surface area contributed by atoms with Crippen LogP contribution in [0.1, 0.15) is 0 Å². The van der Waals surface area contributed by atoms with E-state index in [0.29, 0.717) is 6.71 Å². The number of anilines is 6. The first-order valence-electron chi connectivity index (χ1n) is 22.3. The minimum atomic E-state index is 0.309. The molecule has 11 aromatic rings. The summed E-state index contributed by atoms with van der Waals surface area (Å²) < 4.78 is 0. The minimum absolute atomic E-state index is 0.309. The van der Waals surface area contributed by atoms with Gasteiger partial charge in [0.1, 0.15) is 0 Å². The zero-order valence-corrected chi connectivity index (χ0v) is 36.1. The van der Waals surface area contributed by atoms with E-state index in [1.807, 2.05) is 0 Å². The molecule has 0 aliphatic heterocycles. The summed E-state index contributed by atoms with van der Waals surface area (Å²) in [7, 11) is 0. The number of hydrogen-bond donors (Lipinski definition) is 0. The van der Waals surface area contributed by atoms with Gasteiger partial charge in [0.05, 0.1) is 11.4 Å². The number of nitrogens with zero attached hydrogens (tertiary/aromatic N) is 2. The van der Waals surface area contributed by atoms with Crippen molar-refractivity contribution >= 4 is 78.8 Å². The van der Waals surface area contributed by atoms with E-state index in [1.165, 1.54) is 49.1 Å². The van der Waals surface area contributed by atoms with E-state index >= 15 is 0 Å². The fourth-order valence-electron chi connectivity index (χ4n) is 8.93. The highest BCUT2D eigenvalue weighted by Crippen LogP contribution is 2.41. The van der Waals surface area contributed by atoms with Crippen LogP contribution in [0.5, 0.6) is 0 Å². The van der Waals surface area contributed by atoms with Gasteiger partial charge < -0.3 is 9.80 Å². The maximum Gasteiger partial charge on any atom is 0.241 e. The highest BCUT2D eigenvalue weighted by Gasteiger charge is 2.21. The summed E-state index contributed by atoms with van der Waals surface area (Å²) in [6, 6.07) is 101. The van der Waals surface area contributed by atoms with Crippen molar-refractivity contribution in [3.8, 4) is 11.1 Å². The van der Waals surface area contributed by atoms with Gasteiger partial charge in [-0.3, -0.25) is 0 Å². The van der Waals surface area contributed by atoms with Crippen molar-refractivity contribution < 1.29 is 0 Å². The Hall–Kier alpha value is -8.40. The van der Waals surface area contributed by atoms with E-state index in [-0.39, 0.29) is 0 Å². The van der Waals surface area contributed by atoms with E-state index in [4.69, 9.17) is 0 Å². The predicted octanol–water partition coefficient (Wildman–Crippen LogP) is 14.8. The molecule has 0 unspecified atom stereocenters. The van der Waals surface area contributed by atoms with Crippen LogP contribution in [0.2, 0.25) is 0 Å². The van der Waals surface area contributed by atoms with Crippen LogP contribution < -0.4 is 26.2 Å². The minimum Gasteiger partial charge on any atom is -0.310 e. The Balaban J connectivity index is 0.000000218. The van der Waals surface area contributed by atoms with Crippen molar-refractivity contribution in [2.24, 2.45) is 0 Å². The molecule has 11 rings (SSSR count). The predicted molar refractivity (Wildman–Crippen MR) is 280 cm³/mol. The average Bonchev–Trinajstić information content (AvgIpc) is 3.39. The largest absolute Gasteiger partial charge is 0.310 e. The molecule has 3 heteroatoms. The maximum absolute atomic E-state index is 2.34. The molecule has 308 valence electrons. The highest BCUT2D eigenvalue weighted by atomic mass is 15.1. The quantitative estimate of drug-likeness (QED) is 0.127. The van der Waals surface area contributed by atoms with Crippen LogP contribution in [-0.4, -0.2) is 6.71 Å². The molecule has 0 radical (unpaired) electrons. The fourth-order valence-corrected chi connectivity index (χ4v) is 8.93. The number of hydrogen-bond acceptors (Lipinski definition) is 2. The molecule has 0 aliphatic rings. The Bertz CT molecular complexity index is 2960. The monoisotopic (exact) mass is 830 g/mol. The number of fused-ring (bicyclic) bond motifs is 2. The summed E-state index contributed by atoms with van der Waals surface area (Å²) in [6.07, 6.45) is 0. The molecule has 0 heterocycles. The van der Waals surface area contributed by atoms with Gasteiger partial charge in [0.15, 0.2) is 0 Å². The van der Waals surface area contributed by atoms with E-state index in [2.05, 4.69) is 295 Å². The van der Waals surface area contributed by atoms with Crippen LogP contribution in [0, 0.1) is 0 Å². The molecule has 0 fully saturated rings. The lowest BCUT2D eigenvalue weighted by molar-refractivity contribution is 1.29. The molecule has 0 atom stereocenters. The smallest absolute Gasteiger partial charge is 0.241 e. The molecule has 11 aromatic carbocycles. The lowest BCUT2D eigenvalue weighted by Gasteiger charge is -2.27. The molecule has 65 heavy (non-hydrogen) atoms. The van der Waals surface area contributed by atoms with Crippen molar-refractivity contribution in [2.75, 3.05) is 9.80 Å². The molecule has 0 aromatic heterocycles. The van der Waals surface area contributed by atoms with Gasteiger partial charge in [-0.2, -0.15) is 0 Å². The standard InChI is InChI=1S/C44H32N2.C18H15B/c1-3-17-37(18-4-1)45(43-23-11-15-35-13-7-9-21-41(35)43)39-29-25-33(26-30-39)34-27-31-40(32-28-34)46(38-19-5-2-6-20-38)44-24-12-16-36-14-8-10-22-42(36)44;1-4-10-16(11-5-1)19(17-12-6-2-7-13-17)18-14-8-3-9-15-18/h1-32H;1-15H. The topological polar surface area (TPSA) is 6.48 Å². The lowest BCUT2D eigenvalue weighted by Crippen LogP contribution is -2.51. The fraction of sp³-hybridized carbons (Fsp3) is 0. The van der Waals surface area contributed by atoms with Gasteiger partial charge in [-0.05, 0) is 82.6 Å². The third-order valence-corrected chi connectivity index (χ3v) is 12.0. The maximum atomic E-state index is 2.34. The van der Waals surface area contributed by atoms with Crippen molar-refractivity contribution in [2.45, 2.75) is 0 Å². The zero-order valence-electron chi connectivity index (χ0n) is 36.1. The first-order valence-corrected chi connectivity index (χ1v) is 22.3. The Labute approximate surface area is 383 Å². The van der Waals surface area contributed by atoms with Gasteiger partial charge in [0, 0.05) is 33.5 Å². The highest BCUT2D eigenvalue weighted by molar-refractivity contribution is 6.95. The first kappa shape index (κ1) is 40.7. The van der Waals surface area contributed by atoms with Crippen molar-refractivity contribution in [3.05, 3.63) is 285 Å². The Morgan fingerprint density at radius 3 is 0.846 bits per heavy atom. The van der Waals surface area contributed by atoms with Gasteiger partial charge in [-0.25, -0.2) is 0 Å². The summed E-state index contributed by atoms with van der Waals surface area (Å²) in [4.78, 5) is 4.69. The zero-order chi connectivity index (χ0) is 43.6. The normalized spacial score (nSPS) is 10.8. The summed E-state index contributed by atoms with van der Waals surface area (Å²) >= 11 is 0. The Morgan fingerprint density at radius 1 is 0.215 bits per heavy atom. The summed E-state index contributed by atoms with van der Waals surface area (Å²) in [5.74, 6) is 0. The molecule has 0 aliphatic carbocycles. The van der Waals surface area contributed by atoms with E-state index in [9.17, 15) is 0 Å². The van der Waals surface area contributed by atoms with Gasteiger partial charge in [0.2, 0.25) is 6.71 Å². The van der Waals surface area contributed by atoms with Crippen LogP contribution in [-0.2, 0) is 0 Å². The van der Waals surface area contributed by atoms with E-state index in [1.54, 1.807) is 0 Å². The summed E-state index contributed by atoms with van der Waals surface area (Å²) in [6.45, 7) is 0.309. The Morgan fingerprint density at radius 2 is 0.492 bits per heavy atom. The van der Waals surface area contributed by atoms with Crippen molar-refractivity contribution in [1.82, 2.24) is 0 Å². The van der Waals surface area contributed by atoms with E-state index in [0.717, 1.165) is 34.1 Å². The molecular formula is C62H47BN2. The van der Waals surface area contributed by atoms with Crippen LogP contribution in [0.4, 0.5) is 34.1 Å². The van der Waals surface area contributed by atoms with Gasteiger partial charge in [-0.15, -0.1) is 0 Å². The molecule has 0 saturated carbocycles. The number of rotatable bonds is 10. The number of benzene rings is 11. The molecule has 0 amide bonds. The van der Waals surface area contributed by atoms with E-state index < -0.39 is 0 Å².